The van der Waals surface area contributed by atoms with E-state index in [0.717, 1.165) is 27.8 Å². The predicted octanol–water partition coefficient (Wildman–Crippen LogP) is 5.29. The minimum atomic E-state index is -0.259. The van der Waals surface area contributed by atoms with E-state index in [4.69, 9.17) is 0 Å². The van der Waals surface area contributed by atoms with Crippen LogP contribution in [-0.2, 0) is 6.54 Å². The van der Waals surface area contributed by atoms with Crippen molar-refractivity contribution in [3.63, 3.8) is 0 Å². The van der Waals surface area contributed by atoms with E-state index in [9.17, 15) is 4.39 Å². The van der Waals surface area contributed by atoms with Gasteiger partial charge in [0.05, 0.1) is 16.6 Å². The van der Waals surface area contributed by atoms with Crippen molar-refractivity contribution in [1.82, 2.24) is 9.97 Å². The van der Waals surface area contributed by atoms with Crippen LogP contribution in [0.15, 0.2) is 66.7 Å². The van der Waals surface area contributed by atoms with Crippen LogP contribution in [0.2, 0.25) is 0 Å². The van der Waals surface area contributed by atoms with Crippen molar-refractivity contribution in [1.29, 1.82) is 0 Å². The van der Waals surface area contributed by atoms with Crippen LogP contribution < -0.4 is 5.32 Å². The number of fused-ring (bicyclic) bond motifs is 1. The monoisotopic (exact) mass is 331 g/mol. The zero-order valence-electron chi connectivity index (χ0n) is 13.9. The summed E-state index contributed by atoms with van der Waals surface area (Å²) < 4.78 is 14.2. The number of rotatable bonds is 4. The maximum atomic E-state index is 14.2. The molecule has 0 fully saturated rings. The number of hydrogen-bond donors (Lipinski definition) is 2. The van der Waals surface area contributed by atoms with Crippen LogP contribution >= 0.6 is 0 Å². The van der Waals surface area contributed by atoms with E-state index >= 15 is 0 Å². The van der Waals surface area contributed by atoms with Gasteiger partial charge in [0.1, 0.15) is 11.6 Å². The van der Waals surface area contributed by atoms with E-state index in [-0.39, 0.29) is 5.82 Å². The van der Waals surface area contributed by atoms with Gasteiger partial charge in [0, 0.05) is 12.2 Å². The first-order chi connectivity index (χ1) is 12.2. The summed E-state index contributed by atoms with van der Waals surface area (Å²) in [5, 5.41) is 3.39. The number of nitrogens with zero attached hydrogens (tertiary/aromatic N) is 1. The summed E-state index contributed by atoms with van der Waals surface area (Å²) in [6, 6.07) is 21.2. The lowest BCUT2D eigenvalue weighted by molar-refractivity contribution is 0.629. The fraction of sp³-hybridized carbons (Fsp3) is 0.0952. The van der Waals surface area contributed by atoms with Crippen molar-refractivity contribution in [2.45, 2.75) is 13.5 Å². The number of halogens is 1. The Morgan fingerprint density at radius 2 is 1.84 bits per heavy atom. The van der Waals surface area contributed by atoms with Crippen LogP contribution in [0.5, 0.6) is 0 Å². The third-order valence-electron chi connectivity index (χ3n) is 4.28. The summed E-state index contributed by atoms with van der Waals surface area (Å²) in [7, 11) is 0. The third-order valence-corrected chi connectivity index (χ3v) is 4.28. The quantitative estimate of drug-likeness (QED) is 0.533. The molecule has 0 radical (unpaired) electrons. The topological polar surface area (TPSA) is 40.7 Å². The van der Waals surface area contributed by atoms with Crippen LogP contribution in [-0.4, -0.2) is 9.97 Å². The van der Waals surface area contributed by atoms with Gasteiger partial charge in [0.15, 0.2) is 0 Å². The Morgan fingerprint density at radius 3 is 2.64 bits per heavy atom. The minimum Gasteiger partial charge on any atom is -0.381 e. The lowest BCUT2D eigenvalue weighted by atomic mass is 10.1. The first kappa shape index (κ1) is 15.4. The van der Waals surface area contributed by atoms with Crippen molar-refractivity contribution in [2.24, 2.45) is 0 Å². The second-order valence-corrected chi connectivity index (χ2v) is 6.09. The molecule has 3 nitrogen and oxygen atoms in total. The summed E-state index contributed by atoms with van der Waals surface area (Å²) in [4.78, 5) is 7.80. The molecule has 0 saturated heterocycles. The maximum Gasteiger partial charge on any atom is 0.141 e. The van der Waals surface area contributed by atoms with Crippen LogP contribution in [0.4, 0.5) is 10.1 Å². The highest BCUT2D eigenvalue weighted by atomic mass is 19.1. The average molecular weight is 331 g/mol. The zero-order valence-corrected chi connectivity index (χ0v) is 13.9. The molecule has 1 heterocycles. The predicted molar refractivity (Wildman–Crippen MR) is 100.0 cm³/mol. The van der Waals surface area contributed by atoms with Crippen LogP contribution in [0.1, 0.15) is 11.1 Å². The van der Waals surface area contributed by atoms with Crippen molar-refractivity contribution in [3.8, 4) is 11.4 Å². The molecule has 4 rings (SSSR count). The number of anilines is 1. The molecule has 2 N–H and O–H groups in total. The van der Waals surface area contributed by atoms with Gasteiger partial charge in [0.2, 0.25) is 0 Å². The van der Waals surface area contributed by atoms with Gasteiger partial charge in [-0.2, -0.15) is 0 Å². The molecule has 0 saturated carbocycles. The van der Waals surface area contributed by atoms with E-state index in [0.29, 0.717) is 17.9 Å². The van der Waals surface area contributed by atoms with Crippen molar-refractivity contribution >= 4 is 16.7 Å². The first-order valence-corrected chi connectivity index (χ1v) is 8.24. The fourth-order valence-corrected chi connectivity index (χ4v) is 2.98. The summed E-state index contributed by atoms with van der Waals surface area (Å²) >= 11 is 0. The molecule has 4 heteroatoms. The molecule has 0 unspecified atom stereocenters. The molecule has 0 bridgehead atoms. The Labute approximate surface area is 145 Å². The second kappa shape index (κ2) is 6.40. The SMILES string of the molecule is Cc1cccc(F)c1-c1nc2ccc(CNc3ccccc3)cc2[nH]1. The largest absolute Gasteiger partial charge is 0.381 e. The molecular formula is C21H18FN3. The Balaban J connectivity index is 1.63. The minimum absolute atomic E-state index is 0.259. The van der Waals surface area contributed by atoms with Gasteiger partial charge in [-0.3, -0.25) is 0 Å². The number of aromatic amines is 1. The van der Waals surface area contributed by atoms with Crippen LogP contribution in [0.3, 0.4) is 0 Å². The van der Waals surface area contributed by atoms with E-state index in [1.807, 2.05) is 55.5 Å². The van der Waals surface area contributed by atoms with Gasteiger partial charge in [0.25, 0.3) is 0 Å². The highest BCUT2D eigenvalue weighted by Crippen LogP contribution is 2.26. The Hall–Kier alpha value is -3.14. The molecule has 0 aliphatic rings. The Morgan fingerprint density at radius 1 is 1.00 bits per heavy atom. The Bertz CT molecular complexity index is 1000. The molecule has 1 aromatic heterocycles. The molecule has 25 heavy (non-hydrogen) atoms. The van der Waals surface area contributed by atoms with Crippen molar-refractivity contribution < 1.29 is 4.39 Å². The number of nitrogens with one attached hydrogen (secondary N) is 2. The Kier molecular flexibility index (Phi) is 3.94. The lowest BCUT2D eigenvalue weighted by Crippen LogP contribution is -1.98. The van der Waals surface area contributed by atoms with Crippen molar-refractivity contribution in [3.05, 3.63) is 83.7 Å². The number of H-pyrrole nitrogens is 1. The van der Waals surface area contributed by atoms with Gasteiger partial charge >= 0.3 is 0 Å². The molecule has 0 aliphatic carbocycles. The number of benzene rings is 3. The van der Waals surface area contributed by atoms with Crippen LogP contribution in [0.25, 0.3) is 22.4 Å². The maximum absolute atomic E-state index is 14.2. The zero-order chi connectivity index (χ0) is 17.2. The molecule has 124 valence electrons. The second-order valence-electron chi connectivity index (χ2n) is 6.09. The summed E-state index contributed by atoms with van der Waals surface area (Å²) in [6.45, 7) is 2.61. The van der Waals surface area contributed by atoms with E-state index in [2.05, 4.69) is 21.4 Å². The number of imidazole rings is 1. The smallest absolute Gasteiger partial charge is 0.141 e. The molecule has 4 aromatic rings. The highest BCUT2D eigenvalue weighted by molar-refractivity contribution is 5.80. The van der Waals surface area contributed by atoms with Gasteiger partial charge < -0.3 is 10.3 Å². The lowest BCUT2D eigenvalue weighted by Gasteiger charge is -2.06. The molecule has 0 amide bonds. The van der Waals surface area contributed by atoms with Gasteiger partial charge in [-0.15, -0.1) is 0 Å². The third kappa shape index (κ3) is 3.11. The molecule has 3 aromatic carbocycles. The first-order valence-electron chi connectivity index (χ1n) is 8.24. The van der Waals surface area contributed by atoms with Gasteiger partial charge in [-0.1, -0.05) is 36.4 Å². The molecule has 0 aliphatic heterocycles. The average Bonchev–Trinajstić information content (AvgIpc) is 3.03. The highest BCUT2D eigenvalue weighted by Gasteiger charge is 2.12. The fourth-order valence-electron chi connectivity index (χ4n) is 2.98. The molecule has 0 spiro atoms. The normalized spacial score (nSPS) is 11.0. The summed E-state index contributed by atoms with van der Waals surface area (Å²) in [6.07, 6.45) is 0. The van der Waals surface area contributed by atoms with Crippen molar-refractivity contribution in [2.75, 3.05) is 5.32 Å². The van der Waals surface area contributed by atoms with E-state index in [1.54, 1.807) is 6.07 Å². The number of aromatic nitrogens is 2. The standard InChI is InChI=1S/C21H18FN3/c1-14-6-5-9-17(22)20(14)21-24-18-11-10-15(12-19(18)25-21)13-23-16-7-3-2-4-8-16/h2-12,23H,13H2,1H3,(H,24,25). The summed E-state index contributed by atoms with van der Waals surface area (Å²) in [5.74, 6) is 0.309. The molecule has 0 atom stereocenters. The van der Waals surface area contributed by atoms with Crippen LogP contribution in [0, 0.1) is 12.7 Å². The number of hydrogen-bond acceptors (Lipinski definition) is 2. The molecular weight excluding hydrogens is 313 g/mol. The van der Waals surface area contributed by atoms with E-state index in [1.165, 1.54) is 6.07 Å². The summed E-state index contributed by atoms with van der Waals surface area (Å²) in [5.41, 5.74) is 5.35. The number of aryl methyl sites for hydroxylation is 1. The van der Waals surface area contributed by atoms with Gasteiger partial charge in [-0.25, -0.2) is 9.37 Å². The number of para-hydroxylation sites is 1. The van der Waals surface area contributed by atoms with E-state index < -0.39 is 0 Å². The van der Waals surface area contributed by atoms with Gasteiger partial charge in [-0.05, 0) is 48.4 Å².